The van der Waals surface area contributed by atoms with Gasteiger partial charge in [0.15, 0.2) is 11.6 Å². The van der Waals surface area contributed by atoms with Crippen molar-refractivity contribution in [3.8, 4) is 5.75 Å². The van der Waals surface area contributed by atoms with Crippen molar-refractivity contribution in [1.29, 1.82) is 0 Å². The number of aliphatic imine (C=N–C) groups is 2. The highest BCUT2D eigenvalue weighted by atomic mass is 19.1. The van der Waals surface area contributed by atoms with Crippen molar-refractivity contribution in [3.63, 3.8) is 0 Å². The van der Waals surface area contributed by atoms with Crippen LogP contribution < -0.4 is 4.74 Å². The van der Waals surface area contributed by atoms with Crippen LogP contribution in [0.1, 0.15) is 29.8 Å². The van der Waals surface area contributed by atoms with Crippen LogP contribution in [-0.2, 0) is 0 Å². The van der Waals surface area contributed by atoms with Crippen molar-refractivity contribution in [1.82, 2.24) is 9.88 Å². The number of amidine groups is 1. The van der Waals surface area contributed by atoms with Gasteiger partial charge in [0.05, 0.1) is 12.2 Å². The molecular formula is C22H23FN4O2. The van der Waals surface area contributed by atoms with Crippen molar-refractivity contribution in [3.05, 3.63) is 59.2 Å². The Balaban J connectivity index is 1.33. The fraction of sp³-hybridized carbons (Fsp3) is 0.364. The maximum absolute atomic E-state index is 13.1. The first-order chi connectivity index (χ1) is 14.0. The molecule has 0 bridgehead atoms. The number of halogens is 1. The van der Waals surface area contributed by atoms with Crippen LogP contribution in [0, 0.1) is 25.6 Å². The van der Waals surface area contributed by atoms with E-state index in [4.69, 9.17) is 4.74 Å². The lowest BCUT2D eigenvalue weighted by atomic mass is 9.92. The molecule has 1 saturated heterocycles. The summed E-state index contributed by atoms with van der Waals surface area (Å²) in [4.78, 5) is 27.7. The molecule has 7 heteroatoms. The fourth-order valence-corrected chi connectivity index (χ4v) is 3.67. The van der Waals surface area contributed by atoms with Gasteiger partial charge in [-0.15, -0.1) is 0 Å². The molecule has 2 aromatic rings. The molecule has 0 spiro atoms. The molecule has 2 aliphatic heterocycles. The minimum absolute atomic E-state index is 0.271. The monoisotopic (exact) mass is 394 g/mol. The molecule has 6 nitrogen and oxygen atoms in total. The highest BCUT2D eigenvalue weighted by Crippen LogP contribution is 2.24. The molecule has 0 N–H and O–H groups in total. The summed E-state index contributed by atoms with van der Waals surface area (Å²) in [7, 11) is 0. The number of carbonyl (C=O) groups excluding carboxylic acids is 1. The molecule has 1 aromatic heterocycles. The Morgan fingerprint density at radius 1 is 1.10 bits per heavy atom. The molecule has 0 atom stereocenters. The first-order valence-electron chi connectivity index (χ1n) is 9.78. The van der Waals surface area contributed by atoms with E-state index in [9.17, 15) is 9.18 Å². The van der Waals surface area contributed by atoms with Gasteiger partial charge in [0.25, 0.3) is 0 Å². The van der Waals surface area contributed by atoms with Crippen molar-refractivity contribution in [2.75, 3.05) is 19.6 Å². The van der Waals surface area contributed by atoms with Crippen LogP contribution in [0.15, 0.2) is 46.4 Å². The first-order valence-corrected chi connectivity index (χ1v) is 9.78. The van der Waals surface area contributed by atoms with Crippen molar-refractivity contribution < 1.29 is 13.9 Å². The number of ether oxygens (including phenoxy) is 1. The third kappa shape index (κ3) is 4.34. The number of aromatic nitrogens is 1. The number of benzene rings is 1. The topological polar surface area (TPSA) is 67.2 Å². The molecule has 4 rings (SSSR count). The second-order valence-corrected chi connectivity index (χ2v) is 7.42. The number of carbonyl (C=O) groups is 1. The SMILES string of the molecule is Cc1ccc(OC(=O)N2CCC(C3=NC(c4ccc(F)cc4)=NC3)CC2)c(C)n1. The maximum atomic E-state index is 13.1. The highest BCUT2D eigenvalue weighted by molar-refractivity contribution is 6.12. The van der Waals surface area contributed by atoms with Gasteiger partial charge in [0, 0.05) is 36.0 Å². The minimum atomic E-state index is -0.339. The second-order valence-electron chi connectivity index (χ2n) is 7.42. The zero-order valence-corrected chi connectivity index (χ0v) is 16.6. The van der Waals surface area contributed by atoms with Gasteiger partial charge in [0.2, 0.25) is 0 Å². The standard InChI is InChI=1S/C22H23FN4O2/c1-14-3-8-20(15(2)25-14)29-22(28)27-11-9-16(10-12-27)19-13-24-21(26-19)17-4-6-18(23)7-5-17/h3-8,16H,9-13H2,1-2H3. The van der Waals surface area contributed by atoms with Gasteiger partial charge in [-0.1, -0.05) is 0 Å². The molecule has 0 unspecified atom stereocenters. The van der Waals surface area contributed by atoms with Crippen molar-refractivity contribution >= 4 is 17.6 Å². The number of rotatable bonds is 3. The Bertz CT molecular complexity index is 977. The van der Waals surface area contributed by atoms with Crippen LogP contribution in [0.25, 0.3) is 0 Å². The number of piperidine rings is 1. The van der Waals surface area contributed by atoms with E-state index in [1.54, 1.807) is 23.1 Å². The van der Waals surface area contributed by atoms with Gasteiger partial charge in [-0.3, -0.25) is 9.98 Å². The number of aryl methyl sites for hydroxylation is 2. The molecule has 1 fully saturated rings. The quantitative estimate of drug-likeness (QED) is 0.792. The highest BCUT2D eigenvalue weighted by Gasteiger charge is 2.29. The van der Waals surface area contributed by atoms with Crippen LogP contribution in [-0.4, -0.2) is 47.2 Å². The fourth-order valence-electron chi connectivity index (χ4n) is 3.67. The summed E-state index contributed by atoms with van der Waals surface area (Å²) in [5.41, 5.74) is 3.46. The van der Waals surface area contributed by atoms with Gasteiger partial charge >= 0.3 is 6.09 Å². The molecule has 29 heavy (non-hydrogen) atoms. The van der Waals surface area contributed by atoms with Gasteiger partial charge in [-0.2, -0.15) is 0 Å². The van der Waals surface area contributed by atoms with E-state index in [0.29, 0.717) is 42.8 Å². The Morgan fingerprint density at radius 2 is 1.83 bits per heavy atom. The molecule has 0 aliphatic carbocycles. The number of amides is 1. The van der Waals surface area contributed by atoms with E-state index in [2.05, 4.69) is 15.0 Å². The summed E-state index contributed by atoms with van der Waals surface area (Å²) in [5.74, 6) is 1.18. The van der Waals surface area contributed by atoms with Crippen LogP contribution in [0.3, 0.4) is 0 Å². The van der Waals surface area contributed by atoms with Crippen molar-refractivity contribution in [2.45, 2.75) is 26.7 Å². The summed E-state index contributed by atoms with van der Waals surface area (Å²) in [6.07, 6.45) is 1.31. The predicted molar refractivity (Wildman–Crippen MR) is 109 cm³/mol. The van der Waals surface area contributed by atoms with Gasteiger partial charge in [-0.05, 0) is 63.1 Å². The van der Waals surface area contributed by atoms with E-state index < -0.39 is 0 Å². The third-order valence-electron chi connectivity index (χ3n) is 5.34. The summed E-state index contributed by atoms with van der Waals surface area (Å²) < 4.78 is 18.6. The lowest BCUT2D eigenvalue weighted by molar-refractivity contribution is 0.137. The number of hydrogen-bond acceptors (Lipinski definition) is 5. The molecule has 0 radical (unpaired) electrons. The minimum Gasteiger partial charge on any atom is -0.408 e. The van der Waals surface area contributed by atoms with E-state index in [1.807, 2.05) is 19.9 Å². The summed E-state index contributed by atoms with van der Waals surface area (Å²) >= 11 is 0. The van der Waals surface area contributed by atoms with Crippen LogP contribution in [0.2, 0.25) is 0 Å². The lowest BCUT2D eigenvalue weighted by Gasteiger charge is -2.31. The molecule has 1 aromatic carbocycles. The number of nitrogens with zero attached hydrogens (tertiary/aromatic N) is 4. The Kier molecular flexibility index (Phi) is 5.38. The van der Waals surface area contributed by atoms with E-state index in [1.165, 1.54) is 12.1 Å². The van der Waals surface area contributed by atoms with E-state index >= 15 is 0 Å². The zero-order valence-electron chi connectivity index (χ0n) is 16.6. The number of likely N-dealkylation sites (tertiary alicyclic amines) is 1. The molecular weight excluding hydrogens is 371 g/mol. The first kappa shape index (κ1) is 19.2. The average molecular weight is 394 g/mol. The largest absolute Gasteiger partial charge is 0.415 e. The summed E-state index contributed by atoms with van der Waals surface area (Å²) in [5, 5.41) is 0. The van der Waals surface area contributed by atoms with Gasteiger partial charge in [-0.25, -0.2) is 14.2 Å². The third-order valence-corrected chi connectivity index (χ3v) is 5.34. The van der Waals surface area contributed by atoms with Gasteiger partial charge in [0.1, 0.15) is 5.82 Å². The lowest BCUT2D eigenvalue weighted by Crippen LogP contribution is -2.42. The molecule has 3 heterocycles. The number of hydrogen-bond donors (Lipinski definition) is 0. The molecule has 2 aliphatic rings. The normalized spacial score (nSPS) is 17.1. The summed E-state index contributed by atoms with van der Waals surface area (Å²) in [6.45, 7) is 5.54. The Morgan fingerprint density at radius 3 is 2.52 bits per heavy atom. The van der Waals surface area contributed by atoms with Crippen LogP contribution in [0.5, 0.6) is 5.75 Å². The molecule has 150 valence electrons. The van der Waals surface area contributed by atoms with Crippen LogP contribution in [0.4, 0.5) is 9.18 Å². The average Bonchev–Trinajstić information content (AvgIpc) is 3.21. The van der Waals surface area contributed by atoms with E-state index in [0.717, 1.165) is 29.8 Å². The van der Waals surface area contributed by atoms with E-state index in [-0.39, 0.29) is 11.9 Å². The number of pyridine rings is 1. The Labute approximate surface area is 169 Å². The van der Waals surface area contributed by atoms with Gasteiger partial charge < -0.3 is 9.64 Å². The zero-order chi connectivity index (χ0) is 20.4. The van der Waals surface area contributed by atoms with Crippen LogP contribution >= 0.6 is 0 Å². The molecule has 1 amide bonds. The Hall–Kier alpha value is -3.09. The van der Waals surface area contributed by atoms with Crippen molar-refractivity contribution in [2.24, 2.45) is 15.9 Å². The second kappa shape index (κ2) is 8.11. The smallest absolute Gasteiger partial charge is 0.408 e. The molecule has 0 saturated carbocycles. The maximum Gasteiger partial charge on any atom is 0.415 e. The summed E-state index contributed by atoms with van der Waals surface area (Å²) in [6, 6.07) is 9.84. The predicted octanol–water partition coefficient (Wildman–Crippen LogP) is 3.95.